The van der Waals surface area contributed by atoms with Gasteiger partial charge in [-0.2, -0.15) is 0 Å². The quantitative estimate of drug-likeness (QED) is 0.449. The molecule has 4 heterocycles. The lowest BCUT2D eigenvalue weighted by Gasteiger charge is -2.35. The Bertz CT molecular complexity index is 1240. The van der Waals surface area contributed by atoms with Gasteiger partial charge in [0.25, 0.3) is 0 Å². The van der Waals surface area contributed by atoms with Gasteiger partial charge in [-0.1, -0.05) is 18.2 Å². The molecule has 1 aromatic carbocycles. The molecule has 1 aliphatic rings. The summed E-state index contributed by atoms with van der Waals surface area (Å²) in [5.74, 6) is 1.89. The van der Waals surface area contributed by atoms with E-state index in [2.05, 4.69) is 51.0 Å². The van der Waals surface area contributed by atoms with E-state index in [1.54, 1.807) is 12.5 Å². The molecule has 0 atom stereocenters. The van der Waals surface area contributed by atoms with Crippen LogP contribution in [0, 0.1) is 0 Å². The Kier molecular flexibility index (Phi) is 6.37. The van der Waals surface area contributed by atoms with E-state index in [4.69, 9.17) is 14.5 Å². The second kappa shape index (κ2) is 9.74. The molecule has 1 N–H and O–H groups in total. The van der Waals surface area contributed by atoms with E-state index >= 15 is 0 Å². The second-order valence-electron chi connectivity index (χ2n) is 8.70. The van der Waals surface area contributed by atoms with Gasteiger partial charge in [-0.05, 0) is 38.1 Å². The molecule has 3 aromatic heterocycles. The number of pyridine rings is 1. The van der Waals surface area contributed by atoms with Crippen LogP contribution in [-0.2, 0) is 0 Å². The summed E-state index contributed by atoms with van der Waals surface area (Å²) < 4.78 is 8.11. The minimum atomic E-state index is 0.207. The molecule has 34 heavy (non-hydrogen) atoms. The predicted octanol–water partition coefficient (Wildman–Crippen LogP) is 3.36. The van der Waals surface area contributed by atoms with E-state index in [1.165, 1.54) is 0 Å². The van der Waals surface area contributed by atoms with E-state index in [0.717, 1.165) is 55.5 Å². The number of benzene rings is 1. The van der Waals surface area contributed by atoms with E-state index in [9.17, 15) is 0 Å². The lowest BCUT2D eigenvalue weighted by molar-refractivity contribution is 0.189. The molecule has 0 unspecified atom stereocenters. The molecule has 9 nitrogen and oxygen atoms in total. The smallest absolute Gasteiger partial charge is 0.245 e. The van der Waals surface area contributed by atoms with E-state index < -0.39 is 0 Å². The first-order chi connectivity index (χ1) is 16.6. The first kappa shape index (κ1) is 22.2. The highest BCUT2D eigenvalue weighted by atomic mass is 16.4. The zero-order valence-corrected chi connectivity index (χ0v) is 19.5. The van der Waals surface area contributed by atoms with Crippen molar-refractivity contribution in [2.24, 2.45) is 0 Å². The first-order valence-electron chi connectivity index (χ1n) is 11.6. The number of piperazine rings is 1. The van der Waals surface area contributed by atoms with Crippen molar-refractivity contribution in [1.29, 1.82) is 0 Å². The Morgan fingerprint density at radius 3 is 2.62 bits per heavy atom. The molecule has 1 fully saturated rings. The third-order valence-electron chi connectivity index (χ3n) is 6.12. The van der Waals surface area contributed by atoms with Crippen molar-refractivity contribution in [2.75, 3.05) is 44.2 Å². The van der Waals surface area contributed by atoms with Crippen molar-refractivity contribution in [2.45, 2.75) is 19.9 Å². The van der Waals surface area contributed by atoms with Crippen LogP contribution < -0.4 is 4.90 Å². The fraction of sp³-hybridized carbons (Fsp3) is 0.360. The van der Waals surface area contributed by atoms with Gasteiger partial charge in [0.15, 0.2) is 11.6 Å². The molecule has 0 aliphatic carbocycles. The summed E-state index contributed by atoms with van der Waals surface area (Å²) in [6.45, 7) is 8.87. The van der Waals surface area contributed by atoms with E-state index in [-0.39, 0.29) is 12.6 Å². The minimum absolute atomic E-state index is 0.207. The summed E-state index contributed by atoms with van der Waals surface area (Å²) in [7, 11) is 0. The zero-order chi connectivity index (χ0) is 23.5. The molecule has 1 saturated heterocycles. The Morgan fingerprint density at radius 1 is 1.03 bits per heavy atom. The van der Waals surface area contributed by atoms with Crippen LogP contribution in [0.2, 0.25) is 0 Å². The van der Waals surface area contributed by atoms with Crippen LogP contribution in [0.5, 0.6) is 0 Å². The number of nitrogens with zero attached hydrogens (tertiary/aromatic N) is 7. The number of aliphatic hydroxyl groups is 1. The van der Waals surface area contributed by atoms with Crippen molar-refractivity contribution in [3.63, 3.8) is 0 Å². The van der Waals surface area contributed by atoms with Crippen molar-refractivity contribution in [3.05, 3.63) is 55.0 Å². The van der Waals surface area contributed by atoms with Crippen LogP contribution in [0.25, 0.3) is 34.4 Å². The van der Waals surface area contributed by atoms with Crippen LogP contribution in [-0.4, -0.2) is 74.1 Å². The average molecular weight is 460 g/mol. The van der Waals surface area contributed by atoms with Crippen molar-refractivity contribution < 1.29 is 9.52 Å². The van der Waals surface area contributed by atoms with Gasteiger partial charge in [0.05, 0.1) is 12.8 Å². The van der Waals surface area contributed by atoms with Gasteiger partial charge < -0.3 is 19.0 Å². The summed E-state index contributed by atoms with van der Waals surface area (Å²) in [5, 5.41) is 17.4. The molecule has 0 amide bonds. The number of hydrogen-bond acceptors (Lipinski definition) is 8. The summed E-state index contributed by atoms with van der Waals surface area (Å²) >= 11 is 0. The fourth-order valence-corrected chi connectivity index (χ4v) is 4.24. The summed E-state index contributed by atoms with van der Waals surface area (Å²) in [6.07, 6.45) is 3.47. The third-order valence-corrected chi connectivity index (χ3v) is 6.12. The van der Waals surface area contributed by atoms with Crippen molar-refractivity contribution in [1.82, 2.24) is 29.6 Å². The SMILES string of the molecule is CC(C)n1cnnc1-c1cccc(-c2ncc(-c3cccc(N4CCN(CCO)CC4)c3)o2)n1. The van der Waals surface area contributed by atoms with Crippen molar-refractivity contribution >= 4 is 5.69 Å². The minimum Gasteiger partial charge on any atom is -0.435 e. The number of oxazole rings is 1. The Balaban J connectivity index is 1.36. The van der Waals surface area contributed by atoms with Gasteiger partial charge >= 0.3 is 0 Å². The van der Waals surface area contributed by atoms with E-state index in [1.807, 2.05) is 34.9 Å². The fourth-order valence-electron chi connectivity index (χ4n) is 4.24. The monoisotopic (exact) mass is 459 g/mol. The molecule has 0 bridgehead atoms. The number of hydrogen-bond donors (Lipinski definition) is 1. The van der Waals surface area contributed by atoms with Crippen LogP contribution in [0.4, 0.5) is 5.69 Å². The number of β-amino-alcohol motifs (C(OH)–C–C–N with tert-alkyl or cyclic N) is 1. The molecular weight excluding hydrogens is 430 g/mol. The van der Waals surface area contributed by atoms with Gasteiger partial charge in [0, 0.05) is 50.0 Å². The number of anilines is 1. The average Bonchev–Trinajstić information content (AvgIpc) is 3.56. The lowest BCUT2D eigenvalue weighted by atomic mass is 10.1. The number of aliphatic hydroxyl groups excluding tert-OH is 1. The first-order valence-corrected chi connectivity index (χ1v) is 11.6. The molecule has 0 radical (unpaired) electrons. The van der Waals surface area contributed by atoms with Crippen LogP contribution in [0.3, 0.4) is 0 Å². The molecule has 9 heteroatoms. The van der Waals surface area contributed by atoms with Crippen LogP contribution >= 0.6 is 0 Å². The predicted molar refractivity (Wildman–Crippen MR) is 130 cm³/mol. The highest BCUT2D eigenvalue weighted by molar-refractivity contribution is 5.66. The zero-order valence-electron chi connectivity index (χ0n) is 19.5. The molecule has 4 aromatic rings. The van der Waals surface area contributed by atoms with Crippen LogP contribution in [0.15, 0.2) is 59.4 Å². The molecule has 5 rings (SSSR count). The Labute approximate surface area is 198 Å². The van der Waals surface area contributed by atoms with Crippen LogP contribution in [0.1, 0.15) is 19.9 Å². The molecule has 0 saturated carbocycles. The standard InChI is InChI=1S/C25H29N7O2/c1-18(2)32-17-27-29-24(32)21-7-4-8-22(28-21)25-26-16-23(34-25)19-5-3-6-20(15-19)31-11-9-30(10-12-31)13-14-33/h3-8,15-18,33H,9-14H2,1-2H3. The maximum Gasteiger partial charge on any atom is 0.245 e. The van der Waals surface area contributed by atoms with Gasteiger partial charge in [0.1, 0.15) is 17.7 Å². The molecule has 1 aliphatic heterocycles. The molecular formula is C25H29N7O2. The van der Waals surface area contributed by atoms with Crippen molar-refractivity contribution in [3.8, 4) is 34.4 Å². The van der Waals surface area contributed by atoms with Gasteiger partial charge in [0.2, 0.25) is 5.89 Å². The second-order valence-corrected chi connectivity index (χ2v) is 8.70. The maximum atomic E-state index is 9.16. The van der Waals surface area contributed by atoms with Gasteiger partial charge in [-0.15, -0.1) is 10.2 Å². The highest BCUT2D eigenvalue weighted by Crippen LogP contribution is 2.29. The number of aromatic nitrogens is 5. The third kappa shape index (κ3) is 4.57. The van der Waals surface area contributed by atoms with Gasteiger partial charge in [-0.25, -0.2) is 9.97 Å². The lowest BCUT2D eigenvalue weighted by Crippen LogP contribution is -2.47. The molecule has 176 valence electrons. The normalized spacial score (nSPS) is 14.8. The topological polar surface area (TPSA) is 96.3 Å². The largest absolute Gasteiger partial charge is 0.435 e. The Morgan fingerprint density at radius 2 is 1.82 bits per heavy atom. The summed E-state index contributed by atoms with van der Waals surface area (Å²) in [5.41, 5.74) is 3.51. The highest BCUT2D eigenvalue weighted by Gasteiger charge is 2.18. The molecule has 0 spiro atoms. The number of rotatable bonds is 7. The Hall–Kier alpha value is -3.56. The maximum absolute atomic E-state index is 9.16. The summed E-state index contributed by atoms with van der Waals surface area (Å²) in [4.78, 5) is 13.9. The van der Waals surface area contributed by atoms with Gasteiger partial charge in [-0.3, -0.25) is 4.90 Å². The summed E-state index contributed by atoms with van der Waals surface area (Å²) in [6, 6.07) is 14.3. The van der Waals surface area contributed by atoms with E-state index in [0.29, 0.717) is 17.3 Å².